The van der Waals surface area contributed by atoms with Crippen LogP contribution in [0.2, 0.25) is 18.1 Å². The standard InChI is InChI=1S/C24H31NO5Si/c1-18(30-31(5,6)24(2,3)4)22(26)16-15-20-13-10-14-21(25(27)28)23(20)29-17-19-11-8-7-9-12-19/h7-16,18H,17H2,1-6H3/b16-15+/t18-/m0/s1. The highest BCUT2D eigenvalue weighted by Gasteiger charge is 2.39. The molecule has 0 bridgehead atoms. The van der Waals surface area contributed by atoms with Gasteiger partial charge in [0.15, 0.2) is 14.1 Å². The van der Waals surface area contributed by atoms with Crippen LogP contribution in [0, 0.1) is 10.1 Å². The first kappa shape index (κ1) is 24.5. The second kappa shape index (κ2) is 10.0. The van der Waals surface area contributed by atoms with Crippen molar-refractivity contribution in [2.24, 2.45) is 0 Å². The maximum Gasteiger partial charge on any atom is 0.311 e. The highest BCUT2D eigenvalue weighted by Crippen LogP contribution is 2.37. The Morgan fingerprint density at radius 3 is 2.35 bits per heavy atom. The summed E-state index contributed by atoms with van der Waals surface area (Å²) in [6, 6.07) is 14.1. The molecule has 0 radical (unpaired) electrons. The molecule has 1 atom stereocenters. The number of para-hydroxylation sites is 1. The molecule has 166 valence electrons. The van der Waals surface area contributed by atoms with Crippen molar-refractivity contribution in [3.63, 3.8) is 0 Å². The van der Waals surface area contributed by atoms with Gasteiger partial charge in [0.2, 0.25) is 5.75 Å². The number of nitro groups is 1. The maximum absolute atomic E-state index is 12.7. The number of benzene rings is 2. The van der Waals surface area contributed by atoms with Gasteiger partial charge in [0.05, 0.1) is 4.92 Å². The Morgan fingerprint density at radius 2 is 1.77 bits per heavy atom. The van der Waals surface area contributed by atoms with Crippen molar-refractivity contribution in [2.75, 3.05) is 0 Å². The molecule has 0 unspecified atom stereocenters. The maximum atomic E-state index is 12.7. The molecule has 7 heteroatoms. The third-order valence-corrected chi connectivity index (χ3v) is 10.1. The van der Waals surface area contributed by atoms with E-state index in [1.54, 1.807) is 25.1 Å². The van der Waals surface area contributed by atoms with Gasteiger partial charge in [-0.2, -0.15) is 0 Å². The third-order valence-electron chi connectivity index (χ3n) is 5.55. The first-order valence-electron chi connectivity index (χ1n) is 10.3. The quantitative estimate of drug-likeness (QED) is 0.201. The normalized spacial score (nSPS) is 13.2. The van der Waals surface area contributed by atoms with E-state index in [9.17, 15) is 14.9 Å². The number of ether oxygens (including phenoxy) is 1. The molecular formula is C24H31NO5Si. The molecule has 0 saturated carbocycles. The van der Waals surface area contributed by atoms with E-state index in [1.807, 2.05) is 30.3 Å². The number of hydrogen-bond donors (Lipinski definition) is 0. The van der Waals surface area contributed by atoms with Gasteiger partial charge in [-0.05, 0) is 42.8 Å². The van der Waals surface area contributed by atoms with Crippen molar-refractivity contribution in [2.45, 2.75) is 58.5 Å². The lowest BCUT2D eigenvalue weighted by atomic mass is 10.1. The molecule has 2 rings (SSSR count). The van der Waals surface area contributed by atoms with Gasteiger partial charge in [-0.1, -0.05) is 63.2 Å². The van der Waals surface area contributed by atoms with Crippen molar-refractivity contribution in [3.8, 4) is 5.75 Å². The van der Waals surface area contributed by atoms with Crippen LogP contribution in [0.4, 0.5) is 5.69 Å². The number of carbonyl (C=O) groups excluding carboxylic acids is 1. The summed E-state index contributed by atoms with van der Waals surface area (Å²) in [5, 5.41) is 11.5. The van der Waals surface area contributed by atoms with Gasteiger partial charge < -0.3 is 9.16 Å². The van der Waals surface area contributed by atoms with E-state index in [1.165, 1.54) is 12.1 Å². The van der Waals surface area contributed by atoms with Gasteiger partial charge in [-0.3, -0.25) is 14.9 Å². The van der Waals surface area contributed by atoms with Crippen LogP contribution in [0.5, 0.6) is 5.75 Å². The average molecular weight is 442 g/mol. The predicted octanol–water partition coefficient (Wildman–Crippen LogP) is 6.17. The number of ketones is 1. The Kier molecular flexibility index (Phi) is 7.92. The summed E-state index contributed by atoms with van der Waals surface area (Å²) in [4.78, 5) is 23.7. The van der Waals surface area contributed by atoms with Crippen molar-refractivity contribution < 1.29 is 18.9 Å². The molecule has 6 nitrogen and oxygen atoms in total. The fraction of sp³-hybridized carbons (Fsp3) is 0.375. The zero-order chi connectivity index (χ0) is 23.2. The molecule has 0 amide bonds. The molecule has 0 fully saturated rings. The highest BCUT2D eigenvalue weighted by atomic mass is 28.4. The van der Waals surface area contributed by atoms with Crippen LogP contribution < -0.4 is 4.74 Å². The van der Waals surface area contributed by atoms with E-state index in [0.717, 1.165) is 5.56 Å². The molecule has 0 saturated heterocycles. The molecular weight excluding hydrogens is 410 g/mol. The Hall–Kier alpha value is -2.77. The smallest absolute Gasteiger partial charge is 0.311 e. The lowest BCUT2D eigenvalue weighted by Crippen LogP contribution is -2.44. The van der Waals surface area contributed by atoms with Gasteiger partial charge >= 0.3 is 5.69 Å². The first-order chi connectivity index (χ1) is 14.4. The second-order valence-electron chi connectivity index (χ2n) is 8.98. The van der Waals surface area contributed by atoms with E-state index in [-0.39, 0.29) is 28.9 Å². The minimum atomic E-state index is -2.09. The van der Waals surface area contributed by atoms with Crippen molar-refractivity contribution >= 4 is 25.9 Å². The summed E-state index contributed by atoms with van der Waals surface area (Å²) in [6.45, 7) is 12.5. The molecule has 0 aliphatic heterocycles. The van der Waals surface area contributed by atoms with Gasteiger partial charge in [0.1, 0.15) is 12.7 Å². The topological polar surface area (TPSA) is 78.7 Å². The molecule has 0 N–H and O–H groups in total. The highest BCUT2D eigenvalue weighted by molar-refractivity contribution is 6.74. The summed E-state index contributed by atoms with van der Waals surface area (Å²) < 4.78 is 12.0. The molecule has 0 aliphatic carbocycles. The average Bonchev–Trinajstić information content (AvgIpc) is 2.70. The van der Waals surface area contributed by atoms with Gasteiger partial charge in [-0.15, -0.1) is 0 Å². The zero-order valence-electron chi connectivity index (χ0n) is 19.0. The second-order valence-corrected chi connectivity index (χ2v) is 13.7. The van der Waals surface area contributed by atoms with Gasteiger partial charge in [0.25, 0.3) is 0 Å². The molecule has 2 aromatic carbocycles. The summed E-state index contributed by atoms with van der Waals surface area (Å²) >= 11 is 0. The van der Waals surface area contributed by atoms with Crippen molar-refractivity contribution in [3.05, 3.63) is 75.8 Å². The lowest BCUT2D eigenvalue weighted by molar-refractivity contribution is -0.386. The molecule has 2 aromatic rings. The number of carbonyl (C=O) groups is 1. The molecule has 0 heterocycles. The SMILES string of the molecule is C[C@H](O[Si](C)(C)C(C)(C)C)C(=O)/C=C/c1cccc([N+](=O)[O-])c1OCc1ccccc1. The van der Waals surface area contributed by atoms with Crippen LogP contribution in [0.25, 0.3) is 6.08 Å². The van der Waals surface area contributed by atoms with E-state index < -0.39 is 19.3 Å². The lowest BCUT2D eigenvalue weighted by Gasteiger charge is -2.37. The van der Waals surface area contributed by atoms with Crippen molar-refractivity contribution in [1.29, 1.82) is 0 Å². The number of hydrogen-bond acceptors (Lipinski definition) is 5. The number of nitrogens with zero attached hydrogens (tertiary/aromatic N) is 1. The van der Waals surface area contributed by atoms with E-state index >= 15 is 0 Å². The van der Waals surface area contributed by atoms with Crippen LogP contribution in [-0.2, 0) is 15.8 Å². The van der Waals surface area contributed by atoms with Gasteiger partial charge in [0, 0.05) is 11.6 Å². The van der Waals surface area contributed by atoms with Crippen LogP contribution in [0.3, 0.4) is 0 Å². The number of nitro benzene ring substituents is 1. The summed E-state index contributed by atoms with van der Waals surface area (Å²) in [7, 11) is -2.09. The third kappa shape index (κ3) is 6.60. The fourth-order valence-electron chi connectivity index (χ4n) is 2.69. The van der Waals surface area contributed by atoms with Crippen LogP contribution >= 0.6 is 0 Å². The molecule has 31 heavy (non-hydrogen) atoms. The molecule has 0 aliphatic rings. The van der Waals surface area contributed by atoms with E-state index in [2.05, 4.69) is 33.9 Å². The minimum Gasteiger partial charge on any atom is -0.482 e. The van der Waals surface area contributed by atoms with Crippen LogP contribution in [0.15, 0.2) is 54.6 Å². The molecule has 0 spiro atoms. The Labute approximate surface area is 185 Å². The Morgan fingerprint density at radius 1 is 1.13 bits per heavy atom. The Balaban J connectivity index is 2.23. The molecule has 0 aromatic heterocycles. The Bertz CT molecular complexity index is 948. The van der Waals surface area contributed by atoms with E-state index in [0.29, 0.717) is 5.56 Å². The zero-order valence-corrected chi connectivity index (χ0v) is 20.0. The summed E-state index contributed by atoms with van der Waals surface area (Å²) in [5.74, 6) is -0.0521. The van der Waals surface area contributed by atoms with Crippen LogP contribution in [0.1, 0.15) is 38.8 Å². The summed E-state index contributed by atoms with van der Waals surface area (Å²) in [5.41, 5.74) is 1.22. The first-order valence-corrected chi connectivity index (χ1v) is 13.2. The fourth-order valence-corrected chi connectivity index (χ4v) is 4.04. The van der Waals surface area contributed by atoms with Gasteiger partial charge in [-0.25, -0.2) is 0 Å². The predicted molar refractivity (Wildman–Crippen MR) is 126 cm³/mol. The van der Waals surface area contributed by atoms with Crippen molar-refractivity contribution in [1.82, 2.24) is 0 Å². The van der Waals surface area contributed by atoms with Crippen LogP contribution in [-0.4, -0.2) is 25.1 Å². The van der Waals surface area contributed by atoms with E-state index in [4.69, 9.17) is 9.16 Å². The largest absolute Gasteiger partial charge is 0.482 e. The minimum absolute atomic E-state index is 0.0102. The summed E-state index contributed by atoms with van der Waals surface area (Å²) in [6.07, 6.45) is 2.37. The number of rotatable bonds is 9. The monoisotopic (exact) mass is 441 g/mol.